The highest BCUT2D eigenvalue weighted by molar-refractivity contribution is 9.15. The zero-order chi connectivity index (χ0) is 8.15. The smallest absolute Gasteiger partial charge is 0.170 e. The van der Waals surface area contributed by atoms with Crippen molar-refractivity contribution >= 4 is 47.8 Å². The molecule has 1 N–H and O–H groups in total. The molecule has 0 amide bonds. The third-order valence-electron chi connectivity index (χ3n) is 1.01. The summed E-state index contributed by atoms with van der Waals surface area (Å²) in [5.41, 5.74) is 0. The van der Waals surface area contributed by atoms with E-state index < -0.39 is 0 Å². The van der Waals surface area contributed by atoms with Gasteiger partial charge >= 0.3 is 0 Å². The lowest BCUT2D eigenvalue weighted by Crippen LogP contribution is -1.97. The third-order valence-corrected chi connectivity index (χ3v) is 4.43. The van der Waals surface area contributed by atoms with Crippen LogP contribution in [0.5, 0.6) is 0 Å². The van der Waals surface area contributed by atoms with E-state index in [0.29, 0.717) is 0 Å². The highest BCUT2D eigenvalue weighted by Gasteiger charge is 2.09. The van der Waals surface area contributed by atoms with Gasteiger partial charge in [0.05, 0.1) is 9.31 Å². The lowest BCUT2D eigenvalue weighted by molar-refractivity contribution is 0.456. The van der Waals surface area contributed by atoms with Gasteiger partial charge in [-0.1, -0.05) is 29.3 Å². The molecule has 0 rings (SSSR count). The van der Waals surface area contributed by atoms with Gasteiger partial charge in [-0.25, -0.2) is 0 Å². The minimum absolute atomic E-state index is 0.169. The van der Waals surface area contributed by atoms with Crippen LogP contribution in [0.2, 0.25) is 0 Å². The van der Waals surface area contributed by atoms with Gasteiger partial charge in [-0.05, 0) is 38.3 Å². The summed E-state index contributed by atoms with van der Waals surface area (Å²) in [4.78, 5) is 0.219. The number of aliphatic hydroxyl groups excluding tert-OH is 1. The Morgan fingerprint density at radius 3 is 2.30 bits per heavy atom. The van der Waals surface area contributed by atoms with Crippen LogP contribution in [-0.2, 0) is 0 Å². The first-order chi connectivity index (χ1) is 4.59. The quantitative estimate of drug-likeness (QED) is 0.608. The Kier molecular flexibility index (Phi) is 6.16. The molecule has 0 aromatic heterocycles. The maximum atomic E-state index is 8.94. The van der Waals surface area contributed by atoms with Crippen molar-refractivity contribution < 1.29 is 5.11 Å². The van der Waals surface area contributed by atoms with E-state index in [-0.39, 0.29) is 9.50 Å². The Balaban J connectivity index is 3.94. The van der Waals surface area contributed by atoms with Crippen LogP contribution in [0.3, 0.4) is 0 Å². The molecule has 0 saturated heterocycles. The van der Waals surface area contributed by atoms with Crippen LogP contribution < -0.4 is 0 Å². The molecule has 60 valence electrons. The molecule has 0 aliphatic carbocycles. The predicted octanol–water partition coefficient (Wildman–Crippen LogP) is 4.07. The Morgan fingerprint density at radius 2 is 2.00 bits per heavy atom. The molecule has 0 aliphatic rings. The Labute approximate surface area is 86.3 Å². The third kappa shape index (κ3) is 3.98. The van der Waals surface area contributed by atoms with Crippen LogP contribution >= 0.6 is 47.8 Å². The molecule has 0 aromatic carbocycles. The molecule has 0 radical (unpaired) electrons. The molecule has 0 fully saturated rings. The normalized spacial score (nSPS) is 16.4. The zero-order valence-corrected chi connectivity index (χ0v) is 10.3. The van der Waals surface area contributed by atoms with Gasteiger partial charge < -0.3 is 5.11 Å². The van der Waals surface area contributed by atoms with Crippen molar-refractivity contribution in [3.05, 3.63) is 9.15 Å². The molecule has 1 atom stereocenters. The van der Waals surface area contributed by atoms with Crippen LogP contribution in [0.15, 0.2) is 9.15 Å². The number of hydrogen-bond acceptors (Lipinski definition) is 1. The van der Waals surface area contributed by atoms with Gasteiger partial charge in [0, 0.05) is 0 Å². The molecule has 0 spiro atoms. The van der Waals surface area contributed by atoms with Crippen molar-refractivity contribution in [1.82, 2.24) is 0 Å². The van der Waals surface area contributed by atoms with Crippen molar-refractivity contribution in [1.29, 1.82) is 0 Å². The fourth-order valence-electron chi connectivity index (χ4n) is 0.509. The van der Waals surface area contributed by atoms with E-state index in [4.69, 9.17) is 5.11 Å². The van der Waals surface area contributed by atoms with E-state index in [2.05, 4.69) is 54.7 Å². The topological polar surface area (TPSA) is 20.2 Å². The van der Waals surface area contributed by atoms with Gasteiger partial charge in [0.1, 0.15) is 0 Å². The molecule has 0 saturated carbocycles. The van der Waals surface area contributed by atoms with E-state index >= 15 is 0 Å². The van der Waals surface area contributed by atoms with Crippen molar-refractivity contribution in [3.8, 4) is 0 Å². The minimum atomic E-state index is 0.169. The van der Waals surface area contributed by atoms with Crippen molar-refractivity contribution in [3.63, 3.8) is 0 Å². The molecule has 0 aliphatic heterocycles. The number of halogens is 3. The second-order valence-corrected chi connectivity index (χ2v) is 4.61. The Bertz CT molecular complexity index is 129. The number of alkyl halides is 1. The lowest BCUT2D eigenvalue weighted by Gasteiger charge is -2.06. The van der Waals surface area contributed by atoms with Gasteiger partial charge in [-0.15, -0.1) is 0 Å². The molecule has 0 bridgehead atoms. The first-order valence-electron chi connectivity index (χ1n) is 2.97. The van der Waals surface area contributed by atoms with Crippen LogP contribution in [-0.4, -0.2) is 9.93 Å². The fourth-order valence-corrected chi connectivity index (χ4v) is 2.00. The van der Waals surface area contributed by atoms with E-state index in [1.807, 2.05) is 0 Å². The molecule has 0 heterocycles. The average Bonchev–Trinajstić information content (AvgIpc) is 1.87. The van der Waals surface area contributed by atoms with Gasteiger partial charge in [0.25, 0.3) is 0 Å². The number of hydrogen-bond donors (Lipinski definition) is 1. The van der Waals surface area contributed by atoms with Gasteiger partial charge in [0.2, 0.25) is 0 Å². The second-order valence-electron chi connectivity index (χ2n) is 1.89. The van der Waals surface area contributed by atoms with Gasteiger partial charge in [-0.3, -0.25) is 0 Å². The van der Waals surface area contributed by atoms with Crippen LogP contribution in [0.25, 0.3) is 0 Å². The Morgan fingerprint density at radius 1 is 1.50 bits per heavy atom. The van der Waals surface area contributed by atoms with Crippen molar-refractivity contribution in [2.75, 3.05) is 0 Å². The SMILES string of the molecule is CCCC(Br)C(Br)=C(O)Br. The fraction of sp³-hybridized carbons (Fsp3) is 0.667. The first-order valence-corrected chi connectivity index (χ1v) is 5.48. The number of aliphatic hydroxyl groups is 1. The first kappa shape index (κ1) is 11.0. The molecule has 1 nitrogen and oxygen atoms in total. The standard InChI is InChI=1S/C6H9Br3O/c1-2-3-4(7)5(8)6(9)10/h4,10H,2-3H2,1H3. The van der Waals surface area contributed by atoms with Crippen LogP contribution in [0, 0.1) is 0 Å². The van der Waals surface area contributed by atoms with Crippen LogP contribution in [0.1, 0.15) is 19.8 Å². The molecular formula is C6H9Br3O. The Hall–Kier alpha value is 0.980. The number of rotatable bonds is 3. The van der Waals surface area contributed by atoms with E-state index in [1.54, 1.807) is 0 Å². The van der Waals surface area contributed by atoms with Crippen molar-refractivity contribution in [2.45, 2.75) is 24.6 Å². The van der Waals surface area contributed by atoms with Crippen LogP contribution in [0.4, 0.5) is 0 Å². The second kappa shape index (κ2) is 5.61. The maximum Gasteiger partial charge on any atom is 0.170 e. The molecule has 10 heavy (non-hydrogen) atoms. The lowest BCUT2D eigenvalue weighted by atomic mass is 10.2. The monoisotopic (exact) mass is 334 g/mol. The number of allylic oxidation sites excluding steroid dienone is 1. The highest BCUT2D eigenvalue weighted by atomic mass is 79.9. The molecule has 4 heteroatoms. The summed E-state index contributed by atoms with van der Waals surface area (Å²) in [6.45, 7) is 2.10. The summed E-state index contributed by atoms with van der Waals surface area (Å²) in [7, 11) is 0. The minimum Gasteiger partial charge on any atom is -0.501 e. The largest absolute Gasteiger partial charge is 0.501 e. The summed E-state index contributed by atoms with van der Waals surface area (Å²) in [6, 6.07) is 0. The maximum absolute atomic E-state index is 8.94. The zero-order valence-electron chi connectivity index (χ0n) is 5.57. The van der Waals surface area contributed by atoms with Gasteiger partial charge in [-0.2, -0.15) is 0 Å². The molecular weight excluding hydrogens is 328 g/mol. The summed E-state index contributed by atoms with van der Waals surface area (Å²) in [6.07, 6.45) is 2.10. The van der Waals surface area contributed by atoms with Crippen molar-refractivity contribution in [2.24, 2.45) is 0 Å². The summed E-state index contributed by atoms with van der Waals surface area (Å²) < 4.78 is 0.942. The van der Waals surface area contributed by atoms with E-state index in [1.165, 1.54) is 0 Å². The average molecular weight is 337 g/mol. The van der Waals surface area contributed by atoms with E-state index in [0.717, 1.165) is 17.3 Å². The summed E-state index contributed by atoms with van der Waals surface area (Å²) >= 11 is 9.62. The predicted molar refractivity (Wildman–Crippen MR) is 55.1 cm³/mol. The molecule has 0 aromatic rings. The van der Waals surface area contributed by atoms with Gasteiger partial charge in [0.15, 0.2) is 4.67 Å². The summed E-state index contributed by atoms with van der Waals surface area (Å²) in [5, 5.41) is 8.94. The molecule has 1 unspecified atom stereocenters. The van der Waals surface area contributed by atoms with E-state index in [9.17, 15) is 0 Å². The summed E-state index contributed by atoms with van der Waals surface area (Å²) in [5.74, 6) is 0. The highest BCUT2D eigenvalue weighted by Crippen LogP contribution is 2.27.